The number of nitrogens with zero attached hydrogens (tertiary/aromatic N) is 2. The molecular formula is C17H24N2O2. The molecule has 4 heteroatoms. The second-order valence-corrected chi connectivity index (χ2v) is 5.81. The van der Waals surface area contributed by atoms with Gasteiger partial charge in [-0.05, 0) is 31.7 Å². The van der Waals surface area contributed by atoms with Crippen LogP contribution in [0.15, 0.2) is 24.3 Å². The summed E-state index contributed by atoms with van der Waals surface area (Å²) in [6, 6.07) is 8.06. The molecule has 0 radical (unpaired) electrons. The van der Waals surface area contributed by atoms with E-state index >= 15 is 0 Å². The molecule has 0 aromatic heterocycles. The number of hydrogen-bond donors (Lipinski definition) is 0. The zero-order chi connectivity index (χ0) is 15.2. The van der Waals surface area contributed by atoms with Crippen molar-refractivity contribution in [3.63, 3.8) is 0 Å². The Balaban J connectivity index is 1.98. The van der Waals surface area contributed by atoms with Crippen molar-refractivity contribution in [2.45, 2.75) is 39.7 Å². The van der Waals surface area contributed by atoms with E-state index in [0.29, 0.717) is 6.54 Å². The van der Waals surface area contributed by atoms with E-state index < -0.39 is 0 Å². The lowest BCUT2D eigenvalue weighted by Gasteiger charge is -2.29. The van der Waals surface area contributed by atoms with Gasteiger partial charge in [-0.15, -0.1) is 0 Å². The molecule has 1 aromatic rings. The number of benzene rings is 1. The average Bonchev–Trinajstić information content (AvgIpc) is 2.47. The maximum Gasteiger partial charge on any atom is 0.242 e. The molecule has 2 rings (SSSR count). The Morgan fingerprint density at radius 1 is 1.19 bits per heavy atom. The molecule has 0 aliphatic carbocycles. The van der Waals surface area contributed by atoms with Crippen LogP contribution in [-0.2, 0) is 16.1 Å². The molecule has 0 atom stereocenters. The van der Waals surface area contributed by atoms with Gasteiger partial charge in [-0.3, -0.25) is 9.59 Å². The summed E-state index contributed by atoms with van der Waals surface area (Å²) in [5.41, 5.74) is 2.23. The number of aryl methyl sites for hydroxylation is 1. The second-order valence-electron chi connectivity index (χ2n) is 5.81. The summed E-state index contributed by atoms with van der Waals surface area (Å²) in [5, 5.41) is 0. The lowest BCUT2D eigenvalue weighted by molar-refractivity contribution is -0.140. The summed E-state index contributed by atoms with van der Waals surface area (Å²) >= 11 is 0. The first-order valence-electron chi connectivity index (χ1n) is 7.65. The number of piperidine rings is 1. The number of carbonyl (C=O) groups is 2. The summed E-state index contributed by atoms with van der Waals surface area (Å²) < 4.78 is 0. The zero-order valence-electron chi connectivity index (χ0n) is 13.0. The Hall–Kier alpha value is -1.84. The molecule has 1 heterocycles. The highest BCUT2D eigenvalue weighted by Crippen LogP contribution is 2.11. The van der Waals surface area contributed by atoms with Gasteiger partial charge >= 0.3 is 0 Å². The molecule has 2 amide bonds. The predicted molar refractivity (Wildman–Crippen MR) is 82.7 cm³/mol. The van der Waals surface area contributed by atoms with E-state index in [0.717, 1.165) is 31.5 Å². The first-order valence-corrected chi connectivity index (χ1v) is 7.65. The minimum Gasteiger partial charge on any atom is -0.341 e. The topological polar surface area (TPSA) is 40.6 Å². The molecule has 4 nitrogen and oxygen atoms in total. The van der Waals surface area contributed by atoms with Crippen LogP contribution < -0.4 is 0 Å². The lowest BCUT2D eigenvalue weighted by Crippen LogP contribution is -2.43. The average molecular weight is 288 g/mol. The summed E-state index contributed by atoms with van der Waals surface area (Å²) in [5.74, 6) is 0.0134. The maximum absolute atomic E-state index is 12.3. The SMILES string of the molecule is CC(=O)N(CC(=O)N1CCCCC1)Cc1cccc(C)c1. The van der Waals surface area contributed by atoms with E-state index in [4.69, 9.17) is 0 Å². The van der Waals surface area contributed by atoms with Gasteiger partial charge in [0, 0.05) is 26.6 Å². The van der Waals surface area contributed by atoms with Gasteiger partial charge < -0.3 is 9.80 Å². The number of likely N-dealkylation sites (tertiary alicyclic amines) is 1. The summed E-state index contributed by atoms with van der Waals surface area (Å²) in [6.07, 6.45) is 3.34. The highest BCUT2D eigenvalue weighted by molar-refractivity contribution is 5.83. The standard InChI is InChI=1S/C17H24N2O2/c1-14-7-6-8-16(11-14)12-19(15(2)20)13-17(21)18-9-4-3-5-10-18/h6-8,11H,3-5,9-10,12-13H2,1-2H3. The van der Waals surface area contributed by atoms with Crippen molar-refractivity contribution < 1.29 is 9.59 Å². The molecule has 21 heavy (non-hydrogen) atoms. The second kappa shape index (κ2) is 7.25. The molecule has 1 aliphatic heterocycles. The van der Waals surface area contributed by atoms with E-state index in [-0.39, 0.29) is 18.4 Å². The Labute approximate surface area is 126 Å². The highest BCUT2D eigenvalue weighted by Gasteiger charge is 2.20. The van der Waals surface area contributed by atoms with Crippen molar-refractivity contribution in [3.05, 3.63) is 35.4 Å². The summed E-state index contributed by atoms with van der Waals surface area (Å²) in [6.45, 7) is 5.89. The minimum absolute atomic E-state index is 0.0538. The fourth-order valence-electron chi connectivity index (χ4n) is 2.72. The van der Waals surface area contributed by atoms with Gasteiger partial charge in [0.1, 0.15) is 6.54 Å². The number of carbonyl (C=O) groups excluding carboxylic acids is 2. The van der Waals surface area contributed by atoms with Gasteiger partial charge in [0.15, 0.2) is 0 Å². The zero-order valence-corrected chi connectivity index (χ0v) is 13.0. The highest BCUT2D eigenvalue weighted by atomic mass is 16.2. The normalized spacial score (nSPS) is 14.9. The largest absolute Gasteiger partial charge is 0.341 e. The third kappa shape index (κ3) is 4.59. The molecule has 1 saturated heterocycles. The summed E-state index contributed by atoms with van der Waals surface area (Å²) in [7, 11) is 0. The Kier molecular flexibility index (Phi) is 5.37. The van der Waals surface area contributed by atoms with E-state index in [1.807, 2.05) is 30.0 Å². The first-order chi connectivity index (χ1) is 10.1. The van der Waals surface area contributed by atoms with Crippen molar-refractivity contribution in [3.8, 4) is 0 Å². The van der Waals surface area contributed by atoms with Crippen molar-refractivity contribution in [2.75, 3.05) is 19.6 Å². The smallest absolute Gasteiger partial charge is 0.242 e. The van der Waals surface area contributed by atoms with Crippen LogP contribution in [0.25, 0.3) is 0 Å². The number of amides is 2. The van der Waals surface area contributed by atoms with Crippen molar-refractivity contribution >= 4 is 11.8 Å². The fraction of sp³-hybridized carbons (Fsp3) is 0.529. The van der Waals surface area contributed by atoms with E-state index in [9.17, 15) is 9.59 Å². The van der Waals surface area contributed by atoms with Crippen molar-refractivity contribution in [1.82, 2.24) is 9.80 Å². The fourth-order valence-corrected chi connectivity index (χ4v) is 2.72. The third-order valence-corrected chi connectivity index (χ3v) is 3.94. The van der Waals surface area contributed by atoms with Gasteiger partial charge in [0.2, 0.25) is 11.8 Å². The maximum atomic E-state index is 12.3. The van der Waals surface area contributed by atoms with Crippen LogP contribution in [0.4, 0.5) is 0 Å². The molecule has 0 saturated carbocycles. The van der Waals surface area contributed by atoms with Crippen LogP contribution in [0.2, 0.25) is 0 Å². The predicted octanol–water partition coefficient (Wildman–Crippen LogP) is 2.36. The van der Waals surface area contributed by atoms with Gasteiger partial charge in [0.05, 0.1) is 0 Å². The van der Waals surface area contributed by atoms with Crippen LogP contribution in [0.5, 0.6) is 0 Å². The van der Waals surface area contributed by atoms with E-state index in [2.05, 4.69) is 6.07 Å². The van der Waals surface area contributed by atoms with E-state index in [1.54, 1.807) is 4.90 Å². The van der Waals surface area contributed by atoms with Gasteiger partial charge in [-0.25, -0.2) is 0 Å². The van der Waals surface area contributed by atoms with Gasteiger partial charge in [-0.1, -0.05) is 29.8 Å². The van der Waals surface area contributed by atoms with Crippen LogP contribution in [0, 0.1) is 6.92 Å². The van der Waals surface area contributed by atoms with Gasteiger partial charge in [0.25, 0.3) is 0 Å². The molecule has 0 spiro atoms. The molecule has 1 aromatic carbocycles. The van der Waals surface area contributed by atoms with Crippen LogP contribution >= 0.6 is 0 Å². The Morgan fingerprint density at radius 2 is 1.90 bits per heavy atom. The summed E-state index contributed by atoms with van der Waals surface area (Å²) in [4.78, 5) is 27.6. The molecule has 0 unspecified atom stereocenters. The lowest BCUT2D eigenvalue weighted by atomic mass is 10.1. The first kappa shape index (κ1) is 15.5. The molecular weight excluding hydrogens is 264 g/mol. The minimum atomic E-state index is -0.0538. The van der Waals surface area contributed by atoms with Crippen molar-refractivity contribution in [1.29, 1.82) is 0 Å². The molecule has 0 N–H and O–H groups in total. The van der Waals surface area contributed by atoms with Crippen molar-refractivity contribution in [2.24, 2.45) is 0 Å². The Bertz CT molecular complexity index is 507. The molecule has 1 aliphatic rings. The third-order valence-electron chi connectivity index (χ3n) is 3.94. The Morgan fingerprint density at radius 3 is 2.52 bits per heavy atom. The van der Waals surface area contributed by atoms with Crippen LogP contribution in [0.3, 0.4) is 0 Å². The quantitative estimate of drug-likeness (QED) is 0.853. The van der Waals surface area contributed by atoms with Crippen LogP contribution in [-0.4, -0.2) is 41.2 Å². The van der Waals surface area contributed by atoms with Crippen LogP contribution in [0.1, 0.15) is 37.3 Å². The number of rotatable bonds is 4. The van der Waals surface area contributed by atoms with E-state index in [1.165, 1.54) is 18.9 Å². The van der Waals surface area contributed by atoms with Gasteiger partial charge in [-0.2, -0.15) is 0 Å². The number of hydrogen-bond acceptors (Lipinski definition) is 2. The monoisotopic (exact) mass is 288 g/mol. The molecule has 114 valence electrons. The molecule has 1 fully saturated rings. The molecule has 0 bridgehead atoms.